The van der Waals surface area contributed by atoms with Gasteiger partial charge in [0.2, 0.25) is 0 Å². The maximum Gasteiger partial charge on any atom is 0.186 e. The summed E-state index contributed by atoms with van der Waals surface area (Å²) in [5.74, 6) is -1.78. The van der Waals surface area contributed by atoms with E-state index in [4.69, 9.17) is 58.5 Å². The van der Waals surface area contributed by atoms with Crippen molar-refractivity contribution in [3.63, 3.8) is 0 Å². The maximum atomic E-state index is 13.3. The molecule has 0 spiro atoms. The van der Waals surface area contributed by atoms with Crippen LogP contribution in [0.3, 0.4) is 0 Å². The summed E-state index contributed by atoms with van der Waals surface area (Å²) in [5.41, 5.74) is 33.4. The first kappa shape index (κ1) is 38.1. The van der Waals surface area contributed by atoms with Crippen LogP contribution in [0, 0.1) is 5.92 Å². The molecule has 2 saturated carbocycles. The minimum atomic E-state index is -1.83. The lowest BCUT2D eigenvalue weighted by atomic mass is 9.76. The number of aliphatic hydroxyl groups is 7. The molecule has 0 radical (unpaired) electrons. The molecular formula is C27H52N8O12. The number of ether oxygens (including phenoxy) is 4. The zero-order chi connectivity index (χ0) is 34.8. The van der Waals surface area contributed by atoms with E-state index in [2.05, 4.69) is 10.3 Å². The van der Waals surface area contributed by atoms with Crippen LogP contribution >= 0.6 is 0 Å². The minimum absolute atomic E-state index is 0.0106. The van der Waals surface area contributed by atoms with Gasteiger partial charge in [0.05, 0.1) is 49.7 Å². The molecule has 20 N–H and O–H groups in total. The Morgan fingerprint density at radius 3 is 2.23 bits per heavy atom. The molecule has 20 heteroatoms. The average molecular weight is 681 g/mol. The standard InChI is InChI=1S/C27H52N8O12/c28-10(7-36)5-34-6-14-13(38)3-12(30)24(44-14)47-23-11(29)1-9(2-17(39)27(43)4-16(27)35-26(32)33)22(21(23)42)46-25-20(41)18(31)19(40)15(8-37)45-25/h9-16,18-25,34,36-38,40-43H,1-8,28-31H2,(H4,32,33,35)/t9-,10?,11-,12+,13-,14+,15+,16?,18-,19+,20+,21+,22-,23+,24+,25+,27?/m0/s1. The minimum Gasteiger partial charge on any atom is -0.395 e. The Hall–Kier alpha value is -1.70. The van der Waals surface area contributed by atoms with Crippen LogP contribution in [0.5, 0.6) is 0 Å². The highest BCUT2D eigenvalue weighted by atomic mass is 16.7. The largest absolute Gasteiger partial charge is 0.395 e. The number of guanidine groups is 1. The number of nitrogens with one attached hydrogen (secondary N) is 1. The molecule has 3 unspecified atom stereocenters. The summed E-state index contributed by atoms with van der Waals surface area (Å²) >= 11 is 0. The average Bonchev–Trinajstić information content (AvgIpc) is 3.67. The topological polar surface area (TPSA) is 376 Å². The fourth-order valence-electron chi connectivity index (χ4n) is 6.43. The quantitative estimate of drug-likeness (QED) is 0.0598. The van der Waals surface area contributed by atoms with E-state index in [-0.39, 0.29) is 51.3 Å². The Labute approximate surface area is 271 Å². The molecule has 272 valence electrons. The maximum absolute atomic E-state index is 13.3. The number of nitrogens with zero attached hydrogens (tertiary/aromatic N) is 1. The highest BCUT2D eigenvalue weighted by Crippen LogP contribution is 2.43. The van der Waals surface area contributed by atoms with Crippen LogP contribution in [0.2, 0.25) is 0 Å². The van der Waals surface area contributed by atoms with Gasteiger partial charge in [0.1, 0.15) is 36.1 Å². The van der Waals surface area contributed by atoms with Gasteiger partial charge in [-0.05, 0) is 18.8 Å². The molecule has 4 rings (SSSR count). The Balaban J connectivity index is 1.52. The SMILES string of the molecule is NC(N)=NC1CC1(O)C(=O)C[C@@H]1C[C@H](N)[C@@H](O[C@H]2O[C@H](CNCC(N)CO)[C@@H](O)C[C@H]2N)[C@H](O)[C@H]1O[C@H]1O[C@H](CO)[C@@H](O)[C@H](N)[C@H]1O. The first-order valence-electron chi connectivity index (χ1n) is 15.7. The van der Waals surface area contributed by atoms with Gasteiger partial charge in [-0.3, -0.25) is 4.79 Å². The third-order valence-electron chi connectivity index (χ3n) is 9.37. The fraction of sp³-hybridized carbons (Fsp3) is 0.926. The van der Waals surface area contributed by atoms with E-state index in [0.29, 0.717) is 0 Å². The number of hydrogen-bond donors (Lipinski definition) is 14. The summed E-state index contributed by atoms with van der Waals surface area (Å²) in [6.45, 7) is -0.496. The molecule has 20 nitrogen and oxygen atoms in total. The van der Waals surface area contributed by atoms with Gasteiger partial charge in [0.25, 0.3) is 0 Å². The van der Waals surface area contributed by atoms with E-state index in [1.165, 1.54) is 0 Å². The lowest BCUT2D eigenvalue weighted by Gasteiger charge is -2.48. The molecule has 4 fully saturated rings. The Morgan fingerprint density at radius 2 is 1.60 bits per heavy atom. The molecule has 0 aromatic heterocycles. The summed E-state index contributed by atoms with van der Waals surface area (Å²) in [6, 6.07) is -4.39. The summed E-state index contributed by atoms with van der Waals surface area (Å²) < 4.78 is 23.7. The zero-order valence-electron chi connectivity index (χ0n) is 26.0. The van der Waals surface area contributed by atoms with Crippen LogP contribution in [0.4, 0.5) is 0 Å². The van der Waals surface area contributed by atoms with Gasteiger partial charge in [-0.1, -0.05) is 0 Å². The second kappa shape index (κ2) is 15.9. The number of ketones is 1. The second-order valence-corrected chi connectivity index (χ2v) is 13.1. The van der Waals surface area contributed by atoms with E-state index in [1.807, 2.05) is 0 Å². The van der Waals surface area contributed by atoms with Crippen molar-refractivity contribution in [2.45, 2.75) is 123 Å². The predicted octanol–water partition coefficient (Wildman–Crippen LogP) is -8.32. The van der Waals surface area contributed by atoms with Gasteiger partial charge >= 0.3 is 0 Å². The monoisotopic (exact) mass is 680 g/mol. The molecule has 2 aliphatic heterocycles. The molecule has 0 bridgehead atoms. The predicted molar refractivity (Wildman–Crippen MR) is 162 cm³/mol. The highest BCUT2D eigenvalue weighted by molar-refractivity contribution is 5.92. The van der Waals surface area contributed by atoms with Crippen molar-refractivity contribution in [3.8, 4) is 0 Å². The third kappa shape index (κ3) is 8.73. The molecule has 0 aromatic rings. The molecule has 2 saturated heterocycles. The van der Waals surface area contributed by atoms with E-state index in [9.17, 15) is 35.4 Å². The van der Waals surface area contributed by atoms with Gasteiger partial charge in [0, 0.05) is 38.0 Å². The first-order valence-corrected chi connectivity index (χ1v) is 15.7. The van der Waals surface area contributed by atoms with Gasteiger partial charge in [-0.15, -0.1) is 0 Å². The first-order chi connectivity index (χ1) is 22.1. The summed E-state index contributed by atoms with van der Waals surface area (Å²) in [4.78, 5) is 17.2. The molecule has 2 aliphatic carbocycles. The number of rotatable bonds is 14. The molecule has 17 atom stereocenters. The van der Waals surface area contributed by atoms with Crippen molar-refractivity contribution in [1.82, 2.24) is 5.32 Å². The Bertz CT molecular complexity index is 1080. The number of carbonyl (C=O) groups is 1. The molecular weight excluding hydrogens is 628 g/mol. The van der Waals surface area contributed by atoms with Crippen LogP contribution in [-0.4, -0.2) is 171 Å². The molecule has 0 aromatic carbocycles. The zero-order valence-corrected chi connectivity index (χ0v) is 26.0. The van der Waals surface area contributed by atoms with Crippen LogP contribution in [0.25, 0.3) is 0 Å². The number of hydrogen-bond acceptors (Lipinski definition) is 18. The van der Waals surface area contributed by atoms with E-state index >= 15 is 0 Å². The van der Waals surface area contributed by atoms with Gasteiger partial charge < -0.3 is 94.4 Å². The number of nitrogens with two attached hydrogens (primary N) is 6. The summed E-state index contributed by atoms with van der Waals surface area (Å²) in [7, 11) is 0. The van der Waals surface area contributed by atoms with Crippen LogP contribution < -0.4 is 39.7 Å². The highest BCUT2D eigenvalue weighted by Gasteiger charge is 2.60. The van der Waals surface area contributed by atoms with Crippen molar-refractivity contribution < 1.29 is 59.5 Å². The molecule has 47 heavy (non-hydrogen) atoms. The van der Waals surface area contributed by atoms with Gasteiger partial charge in [-0.25, -0.2) is 4.99 Å². The van der Waals surface area contributed by atoms with Crippen LogP contribution in [0.1, 0.15) is 25.7 Å². The number of carbonyl (C=O) groups excluding carboxylic acids is 1. The van der Waals surface area contributed by atoms with E-state index in [1.54, 1.807) is 0 Å². The van der Waals surface area contributed by atoms with Crippen molar-refractivity contribution in [2.75, 3.05) is 26.3 Å². The number of Topliss-reactive ketones (excluding diaryl/α,β-unsaturated/α-hetero) is 1. The fourth-order valence-corrected chi connectivity index (χ4v) is 6.43. The number of aliphatic imine (C=N–C) groups is 1. The molecule has 4 aliphatic rings. The van der Waals surface area contributed by atoms with Crippen molar-refractivity contribution in [3.05, 3.63) is 0 Å². The smallest absolute Gasteiger partial charge is 0.186 e. The number of aliphatic hydroxyl groups excluding tert-OH is 6. The summed E-state index contributed by atoms with van der Waals surface area (Å²) in [5, 5.41) is 76.0. The molecule has 2 heterocycles. The van der Waals surface area contributed by atoms with E-state index in [0.717, 1.165) is 0 Å². The van der Waals surface area contributed by atoms with Crippen molar-refractivity contribution >= 4 is 11.7 Å². The Morgan fingerprint density at radius 1 is 0.936 bits per heavy atom. The van der Waals surface area contributed by atoms with Crippen LogP contribution in [0.15, 0.2) is 4.99 Å². The van der Waals surface area contributed by atoms with Crippen molar-refractivity contribution in [1.29, 1.82) is 0 Å². The molecule has 0 amide bonds. The van der Waals surface area contributed by atoms with E-state index < -0.39 is 116 Å². The third-order valence-corrected chi connectivity index (χ3v) is 9.37. The van der Waals surface area contributed by atoms with Gasteiger partial charge in [0.15, 0.2) is 24.3 Å². The lowest BCUT2D eigenvalue weighted by molar-refractivity contribution is -0.320. The van der Waals surface area contributed by atoms with Gasteiger partial charge in [-0.2, -0.15) is 0 Å². The lowest BCUT2D eigenvalue weighted by Crippen LogP contribution is -2.66. The summed E-state index contributed by atoms with van der Waals surface area (Å²) in [6.07, 6.45) is -13.1. The Kier molecular flexibility index (Phi) is 12.9. The normalized spacial score (nSPS) is 46.1. The van der Waals surface area contributed by atoms with Crippen LogP contribution in [-0.2, 0) is 23.7 Å². The second-order valence-electron chi connectivity index (χ2n) is 13.1. The van der Waals surface area contributed by atoms with Crippen molar-refractivity contribution in [2.24, 2.45) is 45.3 Å².